The van der Waals surface area contributed by atoms with E-state index in [-0.39, 0.29) is 5.91 Å². The lowest BCUT2D eigenvalue weighted by Gasteiger charge is -2.20. The monoisotopic (exact) mass is 346 g/mol. The van der Waals surface area contributed by atoms with E-state index in [0.29, 0.717) is 13.0 Å². The summed E-state index contributed by atoms with van der Waals surface area (Å²) >= 11 is 0. The SMILES string of the molecule is Cc1ccc(CN(C)C(=O)Cc2c(C)nc3ccccc3c2C)c(C)c1. The van der Waals surface area contributed by atoms with Crippen molar-refractivity contribution < 1.29 is 4.79 Å². The van der Waals surface area contributed by atoms with Crippen LogP contribution in [-0.4, -0.2) is 22.8 Å². The van der Waals surface area contributed by atoms with E-state index in [2.05, 4.69) is 50.0 Å². The second-order valence-corrected chi connectivity index (χ2v) is 7.17. The van der Waals surface area contributed by atoms with Crippen molar-refractivity contribution in [2.24, 2.45) is 0 Å². The van der Waals surface area contributed by atoms with Gasteiger partial charge in [-0.3, -0.25) is 9.78 Å². The van der Waals surface area contributed by atoms with Gasteiger partial charge in [-0.25, -0.2) is 0 Å². The Balaban J connectivity index is 1.82. The van der Waals surface area contributed by atoms with Gasteiger partial charge in [-0.05, 0) is 56.0 Å². The average Bonchev–Trinajstić information content (AvgIpc) is 2.60. The topological polar surface area (TPSA) is 33.2 Å². The lowest BCUT2D eigenvalue weighted by molar-refractivity contribution is -0.129. The number of hydrogen-bond donors (Lipinski definition) is 0. The number of amides is 1. The molecule has 0 saturated carbocycles. The Labute approximate surface area is 155 Å². The highest BCUT2D eigenvalue weighted by atomic mass is 16.2. The van der Waals surface area contributed by atoms with E-state index >= 15 is 0 Å². The highest BCUT2D eigenvalue weighted by Crippen LogP contribution is 2.23. The molecule has 3 rings (SSSR count). The number of benzene rings is 2. The smallest absolute Gasteiger partial charge is 0.227 e. The van der Waals surface area contributed by atoms with Gasteiger partial charge < -0.3 is 4.90 Å². The van der Waals surface area contributed by atoms with Crippen molar-refractivity contribution in [3.63, 3.8) is 0 Å². The Morgan fingerprint density at radius 3 is 2.50 bits per heavy atom. The van der Waals surface area contributed by atoms with Gasteiger partial charge in [0.1, 0.15) is 0 Å². The Bertz CT molecular complexity index is 975. The van der Waals surface area contributed by atoms with Gasteiger partial charge in [-0.2, -0.15) is 0 Å². The number of para-hydroxylation sites is 1. The van der Waals surface area contributed by atoms with E-state index < -0.39 is 0 Å². The van der Waals surface area contributed by atoms with Gasteiger partial charge in [0.2, 0.25) is 5.91 Å². The normalized spacial score (nSPS) is 11.0. The number of carbonyl (C=O) groups is 1. The number of hydrogen-bond acceptors (Lipinski definition) is 2. The molecule has 0 N–H and O–H groups in total. The van der Waals surface area contributed by atoms with Crippen LogP contribution in [0.25, 0.3) is 10.9 Å². The first-order chi connectivity index (χ1) is 12.4. The van der Waals surface area contributed by atoms with Crippen LogP contribution in [0.15, 0.2) is 42.5 Å². The van der Waals surface area contributed by atoms with Crippen LogP contribution in [0.1, 0.15) is 33.5 Å². The Kier molecular flexibility index (Phi) is 5.08. The van der Waals surface area contributed by atoms with Crippen LogP contribution in [0.3, 0.4) is 0 Å². The number of pyridine rings is 1. The van der Waals surface area contributed by atoms with E-state index in [1.807, 2.05) is 37.1 Å². The van der Waals surface area contributed by atoms with E-state index in [4.69, 9.17) is 0 Å². The van der Waals surface area contributed by atoms with E-state index in [0.717, 1.165) is 27.7 Å². The molecule has 0 radical (unpaired) electrons. The van der Waals surface area contributed by atoms with Crippen LogP contribution in [0.5, 0.6) is 0 Å². The molecule has 1 amide bonds. The Hall–Kier alpha value is -2.68. The number of likely N-dealkylation sites (N-methyl/N-ethyl adjacent to an activating group) is 1. The second-order valence-electron chi connectivity index (χ2n) is 7.17. The average molecular weight is 346 g/mol. The van der Waals surface area contributed by atoms with Crippen molar-refractivity contribution in [2.45, 2.75) is 40.7 Å². The fourth-order valence-electron chi connectivity index (χ4n) is 3.48. The molecule has 0 saturated heterocycles. The van der Waals surface area contributed by atoms with E-state index in [1.54, 1.807) is 0 Å². The summed E-state index contributed by atoms with van der Waals surface area (Å²) in [4.78, 5) is 19.3. The van der Waals surface area contributed by atoms with Gasteiger partial charge in [0.25, 0.3) is 0 Å². The predicted octanol–water partition coefficient (Wildman–Crippen LogP) is 4.67. The molecule has 0 aliphatic carbocycles. The summed E-state index contributed by atoms with van der Waals surface area (Å²) in [5, 5.41) is 1.12. The molecule has 134 valence electrons. The van der Waals surface area contributed by atoms with Gasteiger partial charge in [0.15, 0.2) is 0 Å². The van der Waals surface area contributed by atoms with Crippen LogP contribution >= 0.6 is 0 Å². The fourth-order valence-corrected chi connectivity index (χ4v) is 3.48. The quantitative estimate of drug-likeness (QED) is 0.688. The standard InChI is InChI=1S/C23H26N2O/c1-15-10-11-19(16(2)12-15)14-25(5)23(26)13-21-17(3)20-8-6-7-9-22(20)24-18(21)4/h6-12H,13-14H2,1-5H3. The van der Waals surface area contributed by atoms with Crippen molar-refractivity contribution >= 4 is 16.8 Å². The molecule has 1 heterocycles. The molecule has 1 aromatic heterocycles. The zero-order valence-corrected chi connectivity index (χ0v) is 16.3. The largest absolute Gasteiger partial charge is 0.341 e. The molecule has 0 bridgehead atoms. The first-order valence-electron chi connectivity index (χ1n) is 9.01. The number of aryl methyl sites for hydroxylation is 4. The minimum Gasteiger partial charge on any atom is -0.341 e. The Morgan fingerprint density at radius 2 is 1.77 bits per heavy atom. The zero-order valence-electron chi connectivity index (χ0n) is 16.3. The molecule has 0 unspecified atom stereocenters. The summed E-state index contributed by atoms with van der Waals surface area (Å²) in [5.74, 6) is 0.119. The van der Waals surface area contributed by atoms with E-state index in [1.165, 1.54) is 16.7 Å². The molecular formula is C23H26N2O. The summed E-state index contributed by atoms with van der Waals surface area (Å²) in [6.45, 7) is 8.89. The van der Waals surface area contributed by atoms with Crippen LogP contribution < -0.4 is 0 Å². The highest BCUT2D eigenvalue weighted by molar-refractivity contribution is 5.86. The lowest BCUT2D eigenvalue weighted by Crippen LogP contribution is -2.28. The fraction of sp³-hybridized carbons (Fsp3) is 0.304. The van der Waals surface area contributed by atoms with Crippen molar-refractivity contribution in [3.8, 4) is 0 Å². The van der Waals surface area contributed by atoms with Crippen molar-refractivity contribution in [2.75, 3.05) is 7.05 Å². The molecule has 2 aromatic carbocycles. The molecule has 3 aromatic rings. The third-order valence-corrected chi connectivity index (χ3v) is 5.14. The highest BCUT2D eigenvalue weighted by Gasteiger charge is 2.16. The summed E-state index contributed by atoms with van der Waals surface area (Å²) in [6.07, 6.45) is 0.386. The zero-order chi connectivity index (χ0) is 18.8. The van der Waals surface area contributed by atoms with Crippen molar-refractivity contribution in [3.05, 3.63) is 76.0 Å². The molecule has 0 aliphatic heterocycles. The lowest BCUT2D eigenvalue weighted by atomic mass is 9.99. The number of carbonyl (C=O) groups excluding carboxylic acids is 1. The third kappa shape index (κ3) is 3.62. The maximum Gasteiger partial charge on any atom is 0.227 e. The molecule has 0 fully saturated rings. The van der Waals surface area contributed by atoms with Gasteiger partial charge in [-0.1, -0.05) is 42.0 Å². The summed E-state index contributed by atoms with van der Waals surface area (Å²) in [7, 11) is 1.88. The Morgan fingerprint density at radius 1 is 1.04 bits per heavy atom. The first-order valence-corrected chi connectivity index (χ1v) is 9.01. The van der Waals surface area contributed by atoms with Crippen LogP contribution in [-0.2, 0) is 17.8 Å². The van der Waals surface area contributed by atoms with Crippen LogP contribution in [0.4, 0.5) is 0 Å². The number of rotatable bonds is 4. The number of fused-ring (bicyclic) bond motifs is 1. The number of aromatic nitrogens is 1. The summed E-state index contributed by atoms with van der Waals surface area (Å²) in [5.41, 5.74) is 7.79. The molecule has 3 nitrogen and oxygen atoms in total. The molecule has 26 heavy (non-hydrogen) atoms. The third-order valence-electron chi connectivity index (χ3n) is 5.14. The first kappa shape index (κ1) is 18.1. The molecule has 0 spiro atoms. The van der Waals surface area contributed by atoms with Gasteiger partial charge in [0.05, 0.1) is 11.9 Å². The van der Waals surface area contributed by atoms with Crippen LogP contribution in [0.2, 0.25) is 0 Å². The summed E-state index contributed by atoms with van der Waals surface area (Å²) < 4.78 is 0. The second kappa shape index (κ2) is 7.28. The summed E-state index contributed by atoms with van der Waals surface area (Å²) in [6, 6.07) is 14.5. The van der Waals surface area contributed by atoms with Gasteiger partial charge in [0, 0.05) is 24.7 Å². The minimum absolute atomic E-state index is 0.119. The van der Waals surface area contributed by atoms with Gasteiger partial charge in [-0.15, -0.1) is 0 Å². The number of nitrogens with zero attached hydrogens (tertiary/aromatic N) is 2. The van der Waals surface area contributed by atoms with Crippen molar-refractivity contribution in [1.29, 1.82) is 0 Å². The van der Waals surface area contributed by atoms with Crippen LogP contribution in [0, 0.1) is 27.7 Å². The molecule has 0 aliphatic rings. The van der Waals surface area contributed by atoms with Gasteiger partial charge >= 0.3 is 0 Å². The molecular weight excluding hydrogens is 320 g/mol. The predicted molar refractivity (Wildman–Crippen MR) is 107 cm³/mol. The molecule has 0 atom stereocenters. The minimum atomic E-state index is 0.119. The molecule has 3 heteroatoms. The maximum absolute atomic E-state index is 12.8. The van der Waals surface area contributed by atoms with Crippen molar-refractivity contribution in [1.82, 2.24) is 9.88 Å². The maximum atomic E-state index is 12.8. The van der Waals surface area contributed by atoms with E-state index in [9.17, 15) is 4.79 Å².